The maximum absolute atomic E-state index is 12.8. The molecule has 0 aliphatic heterocycles. The summed E-state index contributed by atoms with van der Waals surface area (Å²) in [5, 5.41) is 0. The van der Waals surface area contributed by atoms with Crippen LogP contribution in [0, 0.1) is 5.92 Å². The summed E-state index contributed by atoms with van der Waals surface area (Å²) in [6.07, 6.45) is -3.95. The number of methoxy groups -OCH3 is 1. The van der Waals surface area contributed by atoms with Crippen molar-refractivity contribution in [3.05, 3.63) is 42.0 Å². The molecule has 28 heavy (non-hydrogen) atoms. The number of ether oxygens (including phenoxy) is 4. The van der Waals surface area contributed by atoms with E-state index in [1.54, 1.807) is 12.1 Å². The van der Waals surface area contributed by atoms with Gasteiger partial charge in [-0.3, -0.25) is 9.59 Å². The van der Waals surface area contributed by atoms with Gasteiger partial charge in [0.05, 0.1) is 13.2 Å². The van der Waals surface area contributed by atoms with Gasteiger partial charge in [0.2, 0.25) is 0 Å². The third-order valence-corrected chi connectivity index (χ3v) is 3.54. The number of allylic oxidation sites excluding steroid dienone is 2. The second-order valence-electron chi connectivity index (χ2n) is 5.50. The van der Waals surface area contributed by atoms with Gasteiger partial charge in [0.25, 0.3) is 0 Å². The Balaban J connectivity index is 3.50. The summed E-state index contributed by atoms with van der Waals surface area (Å²) in [6, 6.07) is 6.11. The number of hydrogen-bond acceptors (Lipinski definition) is 6. The number of rotatable bonds is 10. The normalized spacial score (nSPS) is 12.8. The molecule has 156 valence electrons. The van der Waals surface area contributed by atoms with E-state index in [0.717, 1.165) is 6.08 Å². The lowest BCUT2D eigenvalue weighted by molar-refractivity contribution is -0.162. The number of carbonyl (C=O) groups is 2. The van der Waals surface area contributed by atoms with Crippen LogP contribution in [0.15, 0.2) is 36.4 Å². The zero-order chi connectivity index (χ0) is 21.2. The SMILES string of the molecule is CCOC(=O)C(C(=O)OCC)C(/C=C/C(F)(F)F)c1ccccc1OCOC. The fraction of sp³-hybridized carbons (Fsp3) is 0.474. The van der Waals surface area contributed by atoms with Crippen LogP contribution in [0.1, 0.15) is 25.3 Å². The first-order valence-corrected chi connectivity index (χ1v) is 8.55. The van der Waals surface area contributed by atoms with Crippen molar-refractivity contribution in [2.75, 3.05) is 27.1 Å². The summed E-state index contributed by atoms with van der Waals surface area (Å²) in [4.78, 5) is 24.8. The summed E-state index contributed by atoms with van der Waals surface area (Å²) in [6.45, 7) is 2.78. The van der Waals surface area contributed by atoms with Crippen LogP contribution in [0.5, 0.6) is 5.75 Å². The second kappa shape index (κ2) is 11.3. The zero-order valence-corrected chi connectivity index (χ0v) is 15.8. The van der Waals surface area contributed by atoms with E-state index >= 15 is 0 Å². The van der Waals surface area contributed by atoms with Crippen LogP contribution in [0.3, 0.4) is 0 Å². The Hall–Kier alpha value is -2.55. The Kier molecular flexibility index (Phi) is 9.50. The van der Waals surface area contributed by atoms with E-state index < -0.39 is 30.0 Å². The van der Waals surface area contributed by atoms with Crippen LogP contribution < -0.4 is 4.74 Å². The summed E-state index contributed by atoms with van der Waals surface area (Å²) in [5.41, 5.74) is 0.186. The van der Waals surface area contributed by atoms with Gasteiger partial charge in [0.1, 0.15) is 5.75 Å². The highest BCUT2D eigenvalue weighted by molar-refractivity contribution is 5.96. The topological polar surface area (TPSA) is 71.1 Å². The van der Waals surface area contributed by atoms with Gasteiger partial charge in [-0.15, -0.1) is 0 Å². The second-order valence-corrected chi connectivity index (χ2v) is 5.50. The van der Waals surface area contributed by atoms with Gasteiger partial charge in [-0.1, -0.05) is 24.3 Å². The molecule has 0 saturated carbocycles. The highest BCUT2D eigenvalue weighted by Gasteiger charge is 2.39. The lowest BCUT2D eigenvalue weighted by Gasteiger charge is -2.24. The van der Waals surface area contributed by atoms with Crippen molar-refractivity contribution in [3.8, 4) is 5.75 Å². The Bertz CT molecular complexity index is 654. The minimum Gasteiger partial charge on any atom is -0.467 e. The molecule has 0 aromatic heterocycles. The number of hydrogen-bond donors (Lipinski definition) is 0. The first-order valence-electron chi connectivity index (χ1n) is 8.55. The summed E-state index contributed by atoms with van der Waals surface area (Å²) >= 11 is 0. The highest BCUT2D eigenvalue weighted by atomic mass is 19.4. The molecule has 1 aromatic rings. The van der Waals surface area contributed by atoms with E-state index in [2.05, 4.69) is 0 Å². The van der Waals surface area contributed by atoms with Gasteiger partial charge in [-0.2, -0.15) is 13.2 Å². The molecule has 0 bridgehead atoms. The Morgan fingerprint density at radius 1 is 1.07 bits per heavy atom. The molecule has 0 aliphatic carbocycles. The number of benzene rings is 1. The number of carbonyl (C=O) groups excluding carboxylic acids is 2. The predicted molar refractivity (Wildman–Crippen MR) is 93.6 cm³/mol. The molecule has 0 spiro atoms. The van der Waals surface area contributed by atoms with Gasteiger partial charge in [0, 0.05) is 24.7 Å². The molecule has 0 heterocycles. The van der Waals surface area contributed by atoms with E-state index in [0.29, 0.717) is 0 Å². The van der Waals surface area contributed by atoms with Crippen molar-refractivity contribution in [3.63, 3.8) is 0 Å². The van der Waals surface area contributed by atoms with Gasteiger partial charge in [-0.25, -0.2) is 0 Å². The number of alkyl halides is 3. The number of esters is 2. The first-order chi connectivity index (χ1) is 13.2. The van der Waals surface area contributed by atoms with Crippen LogP contribution in [0.25, 0.3) is 0 Å². The molecule has 9 heteroatoms. The largest absolute Gasteiger partial charge is 0.467 e. The minimum atomic E-state index is -4.64. The fourth-order valence-electron chi connectivity index (χ4n) is 2.47. The van der Waals surface area contributed by atoms with E-state index in [4.69, 9.17) is 18.9 Å². The van der Waals surface area contributed by atoms with E-state index in [1.165, 1.54) is 33.1 Å². The lowest BCUT2D eigenvalue weighted by atomic mass is 9.84. The van der Waals surface area contributed by atoms with Crippen molar-refractivity contribution in [1.82, 2.24) is 0 Å². The monoisotopic (exact) mass is 404 g/mol. The van der Waals surface area contributed by atoms with Crippen molar-refractivity contribution < 1.29 is 41.7 Å². The number of halogens is 3. The van der Waals surface area contributed by atoms with E-state index in [-0.39, 0.29) is 37.4 Å². The van der Waals surface area contributed by atoms with Gasteiger partial charge < -0.3 is 18.9 Å². The molecule has 0 saturated heterocycles. The molecule has 0 aliphatic rings. The molecule has 1 atom stereocenters. The average molecular weight is 404 g/mol. The lowest BCUT2D eigenvalue weighted by Crippen LogP contribution is -2.33. The molecule has 1 rings (SSSR count). The zero-order valence-electron chi connectivity index (χ0n) is 15.8. The molecular formula is C19H23F3O6. The fourth-order valence-corrected chi connectivity index (χ4v) is 2.47. The van der Waals surface area contributed by atoms with Gasteiger partial charge in [-0.05, 0) is 19.9 Å². The molecule has 1 aromatic carbocycles. The van der Waals surface area contributed by atoms with E-state index in [9.17, 15) is 22.8 Å². The maximum atomic E-state index is 12.8. The van der Waals surface area contributed by atoms with Crippen LogP contribution >= 0.6 is 0 Å². The van der Waals surface area contributed by atoms with Crippen LogP contribution in [0.4, 0.5) is 13.2 Å². The highest BCUT2D eigenvalue weighted by Crippen LogP contribution is 2.36. The Labute approximate surface area is 161 Å². The predicted octanol–water partition coefficient (Wildman–Crippen LogP) is 3.61. The van der Waals surface area contributed by atoms with Gasteiger partial charge >= 0.3 is 18.1 Å². The molecule has 0 radical (unpaired) electrons. The third-order valence-electron chi connectivity index (χ3n) is 3.54. The van der Waals surface area contributed by atoms with Gasteiger partial charge in [0.15, 0.2) is 12.7 Å². The third kappa shape index (κ3) is 7.22. The standard InChI is InChI=1S/C19H23F3O6/c1-4-26-17(23)16(18(24)27-5-2)14(10-11-19(20,21)22)13-8-6-7-9-15(13)28-12-25-3/h6-11,14,16H,4-5,12H2,1-3H3/b11-10+. The van der Waals surface area contributed by atoms with Crippen molar-refractivity contribution in [1.29, 1.82) is 0 Å². The van der Waals surface area contributed by atoms with Crippen molar-refractivity contribution in [2.24, 2.45) is 5.92 Å². The molecule has 0 fully saturated rings. The average Bonchev–Trinajstić information content (AvgIpc) is 2.63. The smallest absolute Gasteiger partial charge is 0.409 e. The summed E-state index contributed by atoms with van der Waals surface area (Å²) < 4.78 is 58.5. The quantitative estimate of drug-likeness (QED) is 0.257. The van der Waals surface area contributed by atoms with Crippen molar-refractivity contribution in [2.45, 2.75) is 25.9 Å². The number of para-hydroxylation sites is 1. The molecule has 0 N–H and O–H groups in total. The Morgan fingerprint density at radius 2 is 1.64 bits per heavy atom. The van der Waals surface area contributed by atoms with E-state index in [1.807, 2.05) is 0 Å². The maximum Gasteiger partial charge on any atom is 0.409 e. The van der Waals surface area contributed by atoms with Crippen LogP contribution in [0.2, 0.25) is 0 Å². The Morgan fingerprint density at radius 3 is 2.14 bits per heavy atom. The molecular weight excluding hydrogens is 381 g/mol. The minimum absolute atomic E-state index is 0.0315. The summed E-state index contributed by atoms with van der Waals surface area (Å²) in [7, 11) is 1.38. The van der Waals surface area contributed by atoms with Crippen LogP contribution in [-0.2, 0) is 23.8 Å². The molecule has 6 nitrogen and oxygen atoms in total. The summed E-state index contributed by atoms with van der Waals surface area (Å²) in [5.74, 6) is -4.77. The van der Waals surface area contributed by atoms with Crippen molar-refractivity contribution >= 4 is 11.9 Å². The first kappa shape index (κ1) is 23.5. The molecule has 0 amide bonds. The molecule has 1 unspecified atom stereocenters. The van der Waals surface area contributed by atoms with Crippen LogP contribution in [-0.4, -0.2) is 45.2 Å².